The molecular formula is C24H25ClN2O3. The molecule has 1 aromatic heterocycles. The van der Waals surface area contributed by atoms with E-state index in [1.807, 2.05) is 50.2 Å². The third-order valence-corrected chi connectivity index (χ3v) is 4.99. The summed E-state index contributed by atoms with van der Waals surface area (Å²) in [5.41, 5.74) is 1.47. The first-order chi connectivity index (χ1) is 14.4. The van der Waals surface area contributed by atoms with Gasteiger partial charge in [0.05, 0.1) is 12.8 Å². The van der Waals surface area contributed by atoms with Gasteiger partial charge in [-0.3, -0.25) is 9.59 Å². The van der Waals surface area contributed by atoms with Gasteiger partial charge < -0.3 is 14.2 Å². The fraction of sp³-hybridized carbons (Fsp3) is 0.250. The molecule has 30 heavy (non-hydrogen) atoms. The van der Waals surface area contributed by atoms with Crippen LogP contribution < -0.4 is 0 Å². The monoisotopic (exact) mass is 424 g/mol. The molecule has 6 heteroatoms. The highest BCUT2D eigenvalue weighted by Gasteiger charge is 2.25. The Morgan fingerprint density at radius 2 is 1.73 bits per heavy atom. The Labute approximate surface area is 181 Å². The van der Waals surface area contributed by atoms with Gasteiger partial charge in [0.25, 0.3) is 5.91 Å². The Morgan fingerprint density at radius 1 is 0.967 bits per heavy atom. The number of rotatable bonds is 8. The number of hydrogen-bond acceptors (Lipinski definition) is 3. The second-order valence-corrected chi connectivity index (χ2v) is 7.79. The highest BCUT2D eigenvalue weighted by atomic mass is 35.5. The van der Waals surface area contributed by atoms with Crippen LogP contribution in [0.4, 0.5) is 0 Å². The molecule has 156 valence electrons. The van der Waals surface area contributed by atoms with Crippen molar-refractivity contribution >= 4 is 23.4 Å². The van der Waals surface area contributed by atoms with E-state index in [0.717, 1.165) is 5.56 Å². The van der Waals surface area contributed by atoms with Crippen molar-refractivity contribution in [1.29, 1.82) is 0 Å². The molecule has 0 fully saturated rings. The molecule has 3 aromatic rings. The normalized spacial score (nSPS) is 10.8. The van der Waals surface area contributed by atoms with Crippen molar-refractivity contribution in [2.45, 2.75) is 33.0 Å². The summed E-state index contributed by atoms with van der Waals surface area (Å²) in [6, 6.07) is 20.0. The molecule has 0 aliphatic carbocycles. The molecule has 2 amide bonds. The SMILES string of the molecule is CC(C)N(CC(=O)N(Cc1ccccc1)Cc1ccco1)C(=O)c1cccc(Cl)c1. The molecular weight excluding hydrogens is 400 g/mol. The van der Waals surface area contributed by atoms with Gasteiger partial charge in [0.1, 0.15) is 12.3 Å². The van der Waals surface area contributed by atoms with Gasteiger partial charge >= 0.3 is 0 Å². The molecule has 0 radical (unpaired) electrons. The van der Waals surface area contributed by atoms with Crippen LogP contribution in [0.5, 0.6) is 0 Å². The van der Waals surface area contributed by atoms with Crippen molar-refractivity contribution in [3.05, 3.63) is 94.9 Å². The summed E-state index contributed by atoms with van der Waals surface area (Å²) in [4.78, 5) is 29.6. The number of amides is 2. The molecule has 0 aliphatic heterocycles. The maximum absolute atomic E-state index is 13.3. The van der Waals surface area contributed by atoms with E-state index < -0.39 is 0 Å². The van der Waals surface area contributed by atoms with Crippen LogP contribution in [0.25, 0.3) is 0 Å². The van der Waals surface area contributed by atoms with Crippen molar-refractivity contribution in [2.75, 3.05) is 6.54 Å². The lowest BCUT2D eigenvalue weighted by Crippen LogP contribution is -2.45. The topological polar surface area (TPSA) is 53.8 Å². The second-order valence-electron chi connectivity index (χ2n) is 7.35. The molecule has 0 bridgehead atoms. The van der Waals surface area contributed by atoms with Crippen molar-refractivity contribution in [2.24, 2.45) is 0 Å². The summed E-state index contributed by atoms with van der Waals surface area (Å²) in [6.07, 6.45) is 1.59. The van der Waals surface area contributed by atoms with E-state index in [9.17, 15) is 9.59 Å². The minimum atomic E-state index is -0.224. The van der Waals surface area contributed by atoms with E-state index in [1.54, 1.807) is 46.4 Å². The van der Waals surface area contributed by atoms with Gasteiger partial charge in [0.15, 0.2) is 0 Å². The minimum Gasteiger partial charge on any atom is -0.467 e. The molecule has 0 unspecified atom stereocenters. The highest BCUT2D eigenvalue weighted by Crippen LogP contribution is 2.16. The first kappa shape index (κ1) is 21.7. The third-order valence-electron chi connectivity index (χ3n) is 4.76. The Morgan fingerprint density at radius 3 is 2.37 bits per heavy atom. The zero-order valence-electron chi connectivity index (χ0n) is 17.1. The maximum atomic E-state index is 13.3. The largest absolute Gasteiger partial charge is 0.467 e. The molecule has 0 N–H and O–H groups in total. The van der Waals surface area contributed by atoms with Crippen LogP contribution in [0.2, 0.25) is 5.02 Å². The lowest BCUT2D eigenvalue weighted by atomic mass is 10.1. The van der Waals surface area contributed by atoms with Gasteiger partial charge in [-0.05, 0) is 49.7 Å². The lowest BCUT2D eigenvalue weighted by molar-refractivity contribution is -0.133. The number of furan rings is 1. The number of carbonyl (C=O) groups is 2. The summed E-state index contributed by atoms with van der Waals surface area (Å²) in [5, 5.41) is 0.486. The van der Waals surface area contributed by atoms with Crippen molar-refractivity contribution < 1.29 is 14.0 Å². The van der Waals surface area contributed by atoms with Crippen LogP contribution in [0.3, 0.4) is 0 Å². The third kappa shape index (κ3) is 5.74. The van der Waals surface area contributed by atoms with E-state index in [4.69, 9.17) is 16.0 Å². The average molecular weight is 425 g/mol. The predicted molar refractivity (Wildman–Crippen MR) is 117 cm³/mol. The summed E-state index contributed by atoms with van der Waals surface area (Å²) in [5.74, 6) is 0.314. The first-order valence-corrected chi connectivity index (χ1v) is 10.2. The van der Waals surface area contributed by atoms with Gasteiger partial charge in [0, 0.05) is 23.2 Å². The van der Waals surface area contributed by atoms with E-state index in [-0.39, 0.29) is 24.4 Å². The summed E-state index contributed by atoms with van der Waals surface area (Å²) >= 11 is 6.04. The van der Waals surface area contributed by atoms with E-state index in [0.29, 0.717) is 29.4 Å². The number of carbonyl (C=O) groups excluding carboxylic acids is 2. The van der Waals surface area contributed by atoms with Gasteiger partial charge in [-0.1, -0.05) is 48.0 Å². The molecule has 0 spiro atoms. The maximum Gasteiger partial charge on any atom is 0.254 e. The van der Waals surface area contributed by atoms with Crippen molar-refractivity contribution in [3.63, 3.8) is 0 Å². The molecule has 0 aliphatic rings. The molecule has 0 saturated carbocycles. The zero-order valence-corrected chi connectivity index (χ0v) is 17.9. The van der Waals surface area contributed by atoms with Crippen molar-refractivity contribution in [1.82, 2.24) is 9.80 Å². The van der Waals surface area contributed by atoms with Gasteiger partial charge in [0.2, 0.25) is 5.91 Å². The fourth-order valence-electron chi connectivity index (χ4n) is 3.15. The van der Waals surface area contributed by atoms with Crippen LogP contribution in [-0.4, -0.2) is 34.2 Å². The quantitative estimate of drug-likeness (QED) is 0.510. The lowest BCUT2D eigenvalue weighted by Gasteiger charge is -2.30. The second kappa shape index (κ2) is 10.1. The molecule has 2 aromatic carbocycles. The Bertz CT molecular complexity index is 971. The van der Waals surface area contributed by atoms with E-state index >= 15 is 0 Å². The van der Waals surface area contributed by atoms with Gasteiger partial charge in [-0.25, -0.2) is 0 Å². The minimum absolute atomic E-state index is 0.0312. The number of hydrogen-bond donors (Lipinski definition) is 0. The van der Waals surface area contributed by atoms with Crippen LogP contribution in [0, 0.1) is 0 Å². The summed E-state index contributed by atoms with van der Waals surface area (Å²) in [7, 11) is 0. The van der Waals surface area contributed by atoms with Crippen molar-refractivity contribution in [3.8, 4) is 0 Å². The molecule has 5 nitrogen and oxygen atoms in total. The predicted octanol–water partition coefficient (Wildman–Crippen LogP) is 5.01. The molecule has 1 heterocycles. The van der Waals surface area contributed by atoms with E-state index in [1.165, 1.54) is 0 Å². The standard InChI is InChI=1S/C24H25ClN2O3/c1-18(2)27(24(29)20-10-6-11-21(25)14-20)17-23(28)26(16-22-12-7-13-30-22)15-19-8-4-3-5-9-19/h3-14,18H,15-17H2,1-2H3. The number of halogens is 1. The highest BCUT2D eigenvalue weighted by molar-refractivity contribution is 6.31. The fourth-order valence-corrected chi connectivity index (χ4v) is 3.34. The van der Waals surface area contributed by atoms with Crippen LogP contribution >= 0.6 is 11.6 Å². The smallest absolute Gasteiger partial charge is 0.254 e. The molecule has 3 rings (SSSR count). The van der Waals surface area contributed by atoms with Crippen LogP contribution in [-0.2, 0) is 17.9 Å². The van der Waals surface area contributed by atoms with Crippen LogP contribution in [0.1, 0.15) is 35.5 Å². The first-order valence-electron chi connectivity index (χ1n) is 9.84. The zero-order chi connectivity index (χ0) is 21.5. The average Bonchev–Trinajstić information content (AvgIpc) is 3.24. The molecule has 0 atom stereocenters. The van der Waals surface area contributed by atoms with Gasteiger partial charge in [-0.15, -0.1) is 0 Å². The Hall–Kier alpha value is -3.05. The summed E-state index contributed by atoms with van der Waals surface area (Å²) < 4.78 is 5.45. The summed E-state index contributed by atoms with van der Waals surface area (Å²) in [6.45, 7) is 4.51. The Balaban J connectivity index is 1.79. The molecule has 0 saturated heterocycles. The van der Waals surface area contributed by atoms with E-state index in [2.05, 4.69) is 0 Å². The number of benzene rings is 2. The van der Waals surface area contributed by atoms with Gasteiger partial charge in [-0.2, -0.15) is 0 Å². The number of nitrogens with zero attached hydrogens (tertiary/aromatic N) is 2. The van der Waals surface area contributed by atoms with Crippen LogP contribution in [0.15, 0.2) is 77.4 Å². The Kier molecular flexibility index (Phi) is 7.31.